The molecule has 0 N–H and O–H groups in total. The lowest BCUT2D eigenvalue weighted by Gasteiger charge is -2.20. The van der Waals surface area contributed by atoms with Crippen molar-refractivity contribution in [1.29, 1.82) is 0 Å². The van der Waals surface area contributed by atoms with Gasteiger partial charge >= 0.3 is 0 Å². The zero-order chi connectivity index (χ0) is 12.3. The standard InChI is InChI=1S/C14H11BrN2/c1-16-13-5-3-4-6-14(13)17(2)12-9-7-11(15)8-10-12/h3-10H,2H3. The molecule has 0 amide bonds. The third-order valence-corrected chi connectivity index (χ3v) is 3.11. The first kappa shape index (κ1) is 11.7. The van der Waals surface area contributed by atoms with E-state index in [1.807, 2.05) is 60.5 Å². The molecule has 0 bridgehead atoms. The van der Waals surface area contributed by atoms with E-state index in [9.17, 15) is 0 Å². The number of para-hydroxylation sites is 2. The zero-order valence-corrected chi connectivity index (χ0v) is 11.0. The fourth-order valence-electron chi connectivity index (χ4n) is 1.65. The van der Waals surface area contributed by atoms with Crippen molar-refractivity contribution in [3.05, 3.63) is 64.4 Å². The van der Waals surface area contributed by atoms with Gasteiger partial charge in [0.1, 0.15) is 0 Å². The van der Waals surface area contributed by atoms with E-state index in [0.717, 1.165) is 15.8 Å². The van der Waals surface area contributed by atoms with Crippen LogP contribution in [0.1, 0.15) is 0 Å². The summed E-state index contributed by atoms with van der Waals surface area (Å²) in [5.41, 5.74) is 2.65. The van der Waals surface area contributed by atoms with Gasteiger partial charge in [-0.1, -0.05) is 34.1 Å². The average molecular weight is 287 g/mol. The molecule has 0 atom stereocenters. The molecular weight excluding hydrogens is 276 g/mol. The van der Waals surface area contributed by atoms with Crippen LogP contribution in [0.15, 0.2) is 53.0 Å². The zero-order valence-electron chi connectivity index (χ0n) is 9.39. The van der Waals surface area contributed by atoms with Crippen LogP contribution in [0.4, 0.5) is 17.1 Å². The molecular formula is C14H11BrN2. The average Bonchev–Trinajstić information content (AvgIpc) is 2.39. The Morgan fingerprint density at radius 1 is 1.06 bits per heavy atom. The molecule has 0 heterocycles. The summed E-state index contributed by atoms with van der Waals surface area (Å²) in [6.45, 7) is 7.17. The predicted octanol–water partition coefficient (Wildman–Crippen LogP) is 4.77. The first-order valence-electron chi connectivity index (χ1n) is 5.18. The third kappa shape index (κ3) is 2.48. The molecule has 17 heavy (non-hydrogen) atoms. The van der Waals surface area contributed by atoms with E-state index < -0.39 is 0 Å². The molecule has 0 saturated heterocycles. The van der Waals surface area contributed by atoms with E-state index in [0.29, 0.717) is 5.69 Å². The summed E-state index contributed by atoms with van der Waals surface area (Å²) in [6.07, 6.45) is 0. The monoisotopic (exact) mass is 286 g/mol. The first-order chi connectivity index (χ1) is 8.22. The lowest BCUT2D eigenvalue weighted by atomic mass is 10.2. The molecule has 0 saturated carbocycles. The van der Waals surface area contributed by atoms with Crippen molar-refractivity contribution in [3.8, 4) is 0 Å². The lowest BCUT2D eigenvalue weighted by Crippen LogP contribution is -2.09. The van der Waals surface area contributed by atoms with Gasteiger partial charge in [-0.25, -0.2) is 4.85 Å². The van der Waals surface area contributed by atoms with Crippen molar-refractivity contribution >= 4 is 33.0 Å². The van der Waals surface area contributed by atoms with Gasteiger partial charge in [0.05, 0.1) is 6.57 Å². The summed E-state index contributed by atoms with van der Waals surface area (Å²) in [4.78, 5) is 5.55. The maximum absolute atomic E-state index is 7.17. The van der Waals surface area contributed by atoms with Crippen LogP contribution in [0.2, 0.25) is 0 Å². The van der Waals surface area contributed by atoms with Gasteiger partial charge in [0.25, 0.3) is 0 Å². The number of hydrogen-bond acceptors (Lipinski definition) is 1. The highest BCUT2D eigenvalue weighted by Crippen LogP contribution is 2.32. The Morgan fingerprint density at radius 2 is 1.71 bits per heavy atom. The molecule has 0 radical (unpaired) electrons. The summed E-state index contributed by atoms with van der Waals surface area (Å²) in [5.74, 6) is 0. The topological polar surface area (TPSA) is 7.60 Å². The van der Waals surface area contributed by atoms with Gasteiger partial charge in [-0.15, -0.1) is 0 Å². The lowest BCUT2D eigenvalue weighted by molar-refractivity contribution is 1.21. The minimum atomic E-state index is 0.665. The second-order valence-corrected chi connectivity index (χ2v) is 4.55. The molecule has 2 rings (SSSR count). The SMILES string of the molecule is [C-]#[N+]c1ccccc1N(C)c1ccc(Br)cc1. The Kier molecular flexibility index (Phi) is 3.46. The van der Waals surface area contributed by atoms with Crippen LogP contribution in [0, 0.1) is 6.57 Å². The smallest absolute Gasteiger partial charge is 0.210 e. The number of halogens is 1. The number of benzene rings is 2. The Bertz CT molecular complexity index is 555. The Morgan fingerprint density at radius 3 is 2.35 bits per heavy atom. The second kappa shape index (κ2) is 5.03. The Hall–Kier alpha value is -1.79. The Balaban J connectivity index is 2.40. The number of anilines is 2. The Labute approximate surface area is 109 Å². The van der Waals surface area contributed by atoms with Crippen LogP contribution in [-0.2, 0) is 0 Å². The molecule has 0 spiro atoms. The summed E-state index contributed by atoms with van der Waals surface area (Å²) in [6, 6.07) is 15.6. The predicted molar refractivity (Wildman–Crippen MR) is 74.9 cm³/mol. The fourth-order valence-corrected chi connectivity index (χ4v) is 1.91. The van der Waals surface area contributed by atoms with E-state index in [4.69, 9.17) is 6.57 Å². The summed E-state index contributed by atoms with van der Waals surface area (Å²) in [7, 11) is 1.97. The highest BCUT2D eigenvalue weighted by atomic mass is 79.9. The van der Waals surface area contributed by atoms with Crippen LogP contribution in [0.3, 0.4) is 0 Å². The van der Waals surface area contributed by atoms with Gasteiger partial charge in [-0.05, 0) is 30.3 Å². The van der Waals surface area contributed by atoms with E-state index >= 15 is 0 Å². The molecule has 0 unspecified atom stereocenters. The van der Waals surface area contributed by atoms with Crippen LogP contribution in [-0.4, -0.2) is 7.05 Å². The summed E-state index contributed by atoms with van der Waals surface area (Å²) < 4.78 is 1.05. The summed E-state index contributed by atoms with van der Waals surface area (Å²) in [5, 5.41) is 0. The minimum absolute atomic E-state index is 0.665. The maximum atomic E-state index is 7.17. The second-order valence-electron chi connectivity index (χ2n) is 3.64. The molecule has 0 aliphatic heterocycles. The highest BCUT2D eigenvalue weighted by molar-refractivity contribution is 9.10. The molecule has 2 nitrogen and oxygen atoms in total. The highest BCUT2D eigenvalue weighted by Gasteiger charge is 2.08. The summed E-state index contributed by atoms with van der Waals surface area (Å²) >= 11 is 3.41. The van der Waals surface area contributed by atoms with Gasteiger partial charge in [0.2, 0.25) is 5.69 Å². The van der Waals surface area contributed by atoms with E-state index in [1.165, 1.54) is 0 Å². The van der Waals surface area contributed by atoms with E-state index in [2.05, 4.69) is 20.8 Å². The fraction of sp³-hybridized carbons (Fsp3) is 0.0714. The molecule has 2 aromatic carbocycles. The molecule has 0 fully saturated rings. The van der Waals surface area contributed by atoms with E-state index in [1.54, 1.807) is 0 Å². The van der Waals surface area contributed by atoms with Crippen molar-refractivity contribution < 1.29 is 0 Å². The van der Waals surface area contributed by atoms with Gasteiger partial charge in [-0.2, -0.15) is 0 Å². The molecule has 3 heteroatoms. The van der Waals surface area contributed by atoms with Gasteiger partial charge in [0, 0.05) is 22.9 Å². The van der Waals surface area contributed by atoms with Crippen LogP contribution in [0.25, 0.3) is 4.85 Å². The molecule has 0 aliphatic carbocycles. The van der Waals surface area contributed by atoms with Crippen molar-refractivity contribution in [3.63, 3.8) is 0 Å². The number of hydrogen-bond donors (Lipinski definition) is 0. The normalized spacial score (nSPS) is 9.71. The van der Waals surface area contributed by atoms with Gasteiger partial charge in [-0.3, -0.25) is 0 Å². The van der Waals surface area contributed by atoms with Crippen molar-refractivity contribution in [2.24, 2.45) is 0 Å². The molecule has 84 valence electrons. The minimum Gasteiger partial charge on any atom is -0.354 e. The van der Waals surface area contributed by atoms with Gasteiger partial charge < -0.3 is 4.90 Å². The van der Waals surface area contributed by atoms with Crippen molar-refractivity contribution in [2.45, 2.75) is 0 Å². The maximum Gasteiger partial charge on any atom is 0.210 e. The largest absolute Gasteiger partial charge is 0.354 e. The van der Waals surface area contributed by atoms with Gasteiger partial charge in [0.15, 0.2) is 0 Å². The number of nitrogens with zero attached hydrogens (tertiary/aromatic N) is 2. The number of rotatable bonds is 2. The van der Waals surface area contributed by atoms with Crippen molar-refractivity contribution in [1.82, 2.24) is 0 Å². The molecule has 0 aliphatic rings. The van der Waals surface area contributed by atoms with Crippen LogP contribution in [0.5, 0.6) is 0 Å². The third-order valence-electron chi connectivity index (χ3n) is 2.58. The molecule has 2 aromatic rings. The molecule has 0 aromatic heterocycles. The van der Waals surface area contributed by atoms with E-state index in [-0.39, 0.29) is 0 Å². The van der Waals surface area contributed by atoms with Crippen LogP contribution < -0.4 is 4.90 Å². The quantitative estimate of drug-likeness (QED) is 0.722. The van der Waals surface area contributed by atoms with Crippen LogP contribution >= 0.6 is 15.9 Å². The first-order valence-corrected chi connectivity index (χ1v) is 5.97. The van der Waals surface area contributed by atoms with Crippen molar-refractivity contribution in [2.75, 3.05) is 11.9 Å².